The molecule has 2 heteroatoms. The summed E-state index contributed by atoms with van der Waals surface area (Å²) in [6.07, 6.45) is 1.84. The van der Waals surface area contributed by atoms with E-state index in [1.807, 2.05) is 12.3 Å². The van der Waals surface area contributed by atoms with Crippen LogP contribution in [-0.4, -0.2) is 9.97 Å². The second kappa shape index (κ2) is 14.4. The average Bonchev–Trinajstić information content (AvgIpc) is 3.72. The molecule has 14 rings (SSSR count). The maximum absolute atomic E-state index is 5.11. The normalized spacial score (nSPS) is 11.9. The van der Waals surface area contributed by atoms with Gasteiger partial charge in [0.2, 0.25) is 0 Å². The van der Waals surface area contributed by atoms with Crippen molar-refractivity contribution in [1.29, 1.82) is 0 Å². The van der Waals surface area contributed by atoms with E-state index in [9.17, 15) is 0 Å². The molecule has 0 bridgehead atoms. The van der Waals surface area contributed by atoms with E-state index in [2.05, 4.69) is 223 Å². The van der Waals surface area contributed by atoms with Crippen molar-refractivity contribution in [3.05, 3.63) is 231 Å². The average molecular weight is 835 g/mol. The number of benzene rings is 11. The van der Waals surface area contributed by atoms with Crippen molar-refractivity contribution in [1.82, 2.24) is 9.97 Å². The van der Waals surface area contributed by atoms with Crippen LogP contribution in [0.4, 0.5) is 0 Å². The highest BCUT2D eigenvalue weighted by atomic mass is 14.7. The molecule has 0 unspecified atom stereocenters. The number of hydrogen-bond acceptors (Lipinski definition) is 2. The van der Waals surface area contributed by atoms with Crippen molar-refractivity contribution in [3.8, 4) is 78.0 Å². The van der Waals surface area contributed by atoms with Gasteiger partial charge in [0.15, 0.2) is 0 Å². The highest BCUT2D eigenvalue weighted by molar-refractivity contribution is 6.29. The molecule has 0 fully saturated rings. The van der Waals surface area contributed by atoms with Gasteiger partial charge in [0, 0.05) is 22.5 Å². The van der Waals surface area contributed by atoms with Crippen LogP contribution in [0.15, 0.2) is 231 Å². The Morgan fingerprint density at radius 2 is 0.742 bits per heavy atom. The molecule has 0 saturated carbocycles. The number of aromatic nitrogens is 2. The highest BCUT2D eigenvalue weighted by Gasteiger charge is 2.31. The molecule has 0 amide bonds. The molecule has 13 aromatic rings. The van der Waals surface area contributed by atoms with Crippen molar-refractivity contribution >= 4 is 64.9 Å². The van der Waals surface area contributed by atoms with Gasteiger partial charge in [-0.2, -0.15) is 0 Å². The molecule has 0 N–H and O–H groups in total. The van der Waals surface area contributed by atoms with Gasteiger partial charge in [-0.1, -0.05) is 188 Å². The first-order valence-corrected chi connectivity index (χ1v) is 22.7. The molecule has 0 saturated heterocycles. The van der Waals surface area contributed by atoms with Crippen molar-refractivity contribution in [2.24, 2.45) is 0 Å². The second-order valence-corrected chi connectivity index (χ2v) is 17.6. The zero-order chi connectivity index (χ0) is 43.3. The molecule has 2 nitrogen and oxygen atoms in total. The second-order valence-electron chi connectivity index (χ2n) is 17.6. The molecular weight excluding hydrogens is 797 g/mol. The Bertz CT molecular complexity index is 4060. The third-order valence-corrected chi connectivity index (χ3v) is 14.0. The van der Waals surface area contributed by atoms with E-state index in [0.717, 1.165) is 33.1 Å². The van der Waals surface area contributed by atoms with Crippen molar-refractivity contribution in [2.75, 3.05) is 0 Å². The van der Waals surface area contributed by atoms with E-state index in [1.54, 1.807) is 0 Å². The fraction of sp³-hybridized carbons (Fsp3) is 0. The van der Waals surface area contributed by atoms with Crippen LogP contribution in [-0.2, 0) is 0 Å². The Kier molecular flexibility index (Phi) is 8.02. The van der Waals surface area contributed by atoms with Crippen LogP contribution in [0.1, 0.15) is 0 Å². The van der Waals surface area contributed by atoms with Gasteiger partial charge in [-0.3, -0.25) is 4.98 Å². The van der Waals surface area contributed by atoms with E-state index in [1.165, 1.54) is 110 Å². The Morgan fingerprint density at radius 3 is 1.39 bits per heavy atom. The van der Waals surface area contributed by atoms with Crippen LogP contribution in [0.3, 0.4) is 0 Å². The zero-order valence-corrected chi connectivity index (χ0v) is 35.8. The number of hydrogen-bond donors (Lipinski definition) is 0. The summed E-state index contributed by atoms with van der Waals surface area (Å²) in [5.74, 6) is 0. The summed E-state index contributed by atoms with van der Waals surface area (Å²) in [5.41, 5.74) is 19.1. The van der Waals surface area contributed by atoms with Gasteiger partial charge >= 0.3 is 0 Å². The molecule has 2 heterocycles. The Balaban J connectivity index is 0.844. The first kappa shape index (κ1) is 36.7. The topological polar surface area (TPSA) is 25.8 Å². The van der Waals surface area contributed by atoms with Gasteiger partial charge in [-0.05, 0) is 146 Å². The highest BCUT2D eigenvalue weighted by Crippen LogP contribution is 2.58. The predicted molar refractivity (Wildman–Crippen MR) is 279 cm³/mol. The molecular formula is C64H38N2. The largest absolute Gasteiger partial charge is 0.254 e. The molecule has 1 aliphatic carbocycles. The lowest BCUT2D eigenvalue weighted by Crippen LogP contribution is -1.93. The molecule has 1 aliphatic rings. The van der Waals surface area contributed by atoms with E-state index < -0.39 is 0 Å². The summed E-state index contributed by atoms with van der Waals surface area (Å²) in [6, 6.07) is 82.4. The lowest BCUT2D eigenvalue weighted by Gasteiger charge is -2.20. The third kappa shape index (κ3) is 5.62. The van der Waals surface area contributed by atoms with Crippen molar-refractivity contribution in [2.45, 2.75) is 0 Å². The molecule has 2 aromatic heterocycles. The van der Waals surface area contributed by atoms with E-state index >= 15 is 0 Å². The summed E-state index contributed by atoms with van der Waals surface area (Å²) in [7, 11) is 0. The Hall–Kier alpha value is -8.72. The van der Waals surface area contributed by atoms with Crippen LogP contribution in [0, 0.1) is 0 Å². The summed E-state index contributed by atoms with van der Waals surface area (Å²) < 4.78 is 0. The summed E-state index contributed by atoms with van der Waals surface area (Å²) >= 11 is 0. The van der Waals surface area contributed by atoms with Gasteiger partial charge in [0.25, 0.3) is 0 Å². The van der Waals surface area contributed by atoms with E-state index in [4.69, 9.17) is 4.98 Å². The summed E-state index contributed by atoms with van der Waals surface area (Å²) in [5, 5.41) is 12.2. The summed E-state index contributed by atoms with van der Waals surface area (Å²) in [6.45, 7) is 0. The minimum Gasteiger partial charge on any atom is -0.254 e. The molecule has 0 atom stereocenters. The monoisotopic (exact) mass is 834 g/mol. The standard InChI is InChI=1S/C64H38N2/c1-3-11-39(12-4-1)58-53-16-7-8-17-54(53)59(40-13-5-2-6-14-40)62-56-32-31-51(52-18-9-19-55(60(52)56)61(58)62)49-28-26-45-35-43(22-24-47(45)37-49)44-23-25-48-38-50(29-27-46(48)36-44)57-33-30-42-21-20-41-15-10-34-65-63(41)64(42)66-57/h1-38H. The maximum Gasteiger partial charge on any atom is 0.0972 e. The minimum absolute atomic E-state index is 0.935. The van der Waals surface area contributed by atoms with Crippen molar-refractivity contribution in [3.63, 3.8) is 0 Å². The number of pyridine rings is 2. The molecule has 0 aliphatic heterocycles. The third-order valence-electron chi connectivity index (χ3n) is 14.0. The van der Waals surface area contributed by atoms with Gasteiger partial charge in [0.05, 0.1) is 16.7 Å². The minimum atomic E-state index is 0.935. The number of fused-ring (bicyclic) bond motifs is 9. The SMILES string of the molecule is c1ccc(-c2c3c(c(-c4ccccc4)c4ccccc24)-c2ccc(-c4ccc5cc(-c6ccc7cc(-c8ccc9ccc%10cccnc%10c9n8)ccc7c6)ccc5c4)c4cccc-3c24)cc1. The zero-order valence-electron chi connectivity index (χ0n) is 35.8. The fourth-order valence-electron chi connectivity index (χ4n) is 10.9. The molecule has 0 spiro atoms. The smallest absolute Gasteiger partial charge is 0.0972 e. The van der Waals surface area contributed by atoms with Crippen molar-refractivity contribution < 1.29 is 0 Å². The van der Waals surface area contributed by atoms with Gasteiger partial charge in [-0.25, -0.2) is 4.98 Å². The predicted octanol–water partition coefficient (Wildman–Crippen LogP) is 17.4. The van der Waals surface area contributed by atoms with Gasteiger partial charge in [-0.15, -0.1) is 0 Å². The summed E-state index contributed by atoms with van der Waals surface area (Å²) in [4.78, 5) is 9.77. The first-order chi connectivity index (χ1) is 32.7. The Morgan fingerprint density at radius 1 is 0.258 bits per heavy atom. The van der Waals surface area contributed by atoms with Crippen LogP contribution in [0.25, 0.3) is 143 Å². The molecule has 304 valence electrons. The first-order valence-electron chi connectivity index (χ1n) is 22.7. The molecule has 11 aromatic carbocycles. The maximum atomic E-state index is 5.11. The van der Waals surface area contributed by atoms with Crippen LogP contribution in [0.5, 0.6) is 0 Å². The Labute approximate surface area is 381 Å². The lowest BCUT2D eigenvalue weighted by molar-refractivity contribution is 1.37. The number of nitrogens with zero attached hydrogens (tertiary/aromatic N) is 2. The van der Waals surface area contributed by atoms with Gasteiger partial charge in [0.1, 0.15) is 0 Å². The quantitative estimate of drug-likeness (QED) is 0.161. The molecule has 66 heavy (non-hydrogen) atoms. The molecule has 0 radical (unpaired) electrons. The lowest BCUT2D eigenvalue weighted by atomic mass is 9.82. The van der Waals surface area contributed by atoms with Crippen LogP contribution >= 0.6 is 0 Å². The van der Waals surface area contributed by atoms with E-state index in [-0.39, 0.29) is 0 Å². The van der Waals surface area contributed by atoms with E-state index in [0.29, 0.717) is 0 Å². The number of rotatable bonds is 5. The van der Waals surface area contributed by atoms with Crippen LogP contribution in [0.2, 0.25) is 0 Å². The van der Waals surface area contributed by atoms with Gasteiger partial charge < -0.3 is 0 Å². The van der Waals surface area contributed by atoms with Crippen LogP contribution < -0.4 is 0 Å². The fourth-order valence-corrected chi connectivity index (χ4v) is 10.9.